The monoisotopic (exact) mass is 350 g/mol. The van der Waals surface area contributed by atoms with E-state index in [0.717, 1.165) is 0 Å². The molecule has 2 aliphatic rings. The molecule has 0 aromatic heterocycles. The van der Waals surface area contributed by atoms with Crippen molar-refractivity contribution in [3.05, 3.63) is 35.9 Å². The average Bonchev–Trinajstić information content (AvgIpc) is 2.93. The Morgan fingerprint density at radius 1 is 1.08 bits per heavy atom. The second-order valence-electron chi connectivity index (χ2n) is 6.38. The van der Waals surface area contributed by atoms with E-state index in [4.69, 9.17) is 23.7 Å². The fourth-order valence-electron chi connectivity index (χ4n) is 3.10. The predicted octanol–water partition coefficient (Wildman–Crippen LogP) is 1.44. The molecule has 136 valence electrons. The summed E-state index contributed by atoms with van der Waals surface area (Å²) in [6.07, 6.45) is -1.63. The maximum absolute atomic E-state index is 12.2. The number of carbonyl (C=O) groups excluding carboxylic acids is 1. The van der Waals surface area contributed by atoms with Gasteiger partial charge in [-0.05, 0) is 44.2 Å². The number of benzene rings is 1. The number of esters is 1. The van der Waals surface area contributed by atoms with Crippen LogP contribution in [0, 0.1) is 0 Å². The number of carbonyl (C=O) groups is 1. The molecule has 1 N–H and O–H groups in total. The summed E-state index contributed by atoms with van der Waals surface area (Å²) in [5.74, 6) is -0.250. The van der Waals surface area contributed by atoms with Gasteiger partial charge in [0.2, 0.25) is 0 Å². The highest BCUT2D eigenvalue weighted by Gasteiger charge is 2.53. The summed E-state index contributed by atoms with van der Waals surface area (Å²) in [4.78, 5) is 12.2. The Morgan fingerprint density at radius 2 is 1.68 bits per heavy atom. The molecule has 1 heterocycles. The van der Waals surface area contributed by atoms with Crippen LogP contribution >= 0.6 is 0 Å². The van der Waals surface area contributed by atoms with E-state index in [1.807, 2.05) is 0 Å². The first-order valence-corrected chi connectivity index (χ1v) is 7.99. The van der Waals surface area contributed by atoms with Gasteiger partial charge >= 0.3 is 5.97 Å². The molecular weight excluding hydrogens is 328 g/mol. The summed E-state index contributed by atoms with van der Waals surface area (Å²) in [5.41, 5.74) is 0.202. The van der Waals surface area contributed by atoms with Gasteiger partial charge in [0, 0.05) is 0 Å². The molecule has 0 unspecified atom stereocenters. The number of ether oxygens (including phenoxy) is 5. The van der Waals surface area contributed by atoms with E-state index in [1.54, 1.807) is 45.2 Å². The maximum atomic E-state index is 12.2. The fourth-order valence-corrected chi connectivity index (χ4v) is 3.10. The summed E-state index contributed by atoms with van der Waals surface area (Å²) in [6, 6.07) is 6.97. The third-order valence-electron chi connectivity index (χ3n) is 4.20. The van der Waals surface area contributed by atoms with E-state index in [1.165, 1.54) is 13.2 Å². The number of hydrogen-bond donors (Lipinski definition) is 1. The van der Waals surface area contributed by atoms with Crippen LogP contribution in [-0.2, 0) is 19.0 Å². The third kappa shape index (κ3) is 3.49. The standard InChI is InChI=1S/C18H22O7/c1-18(2)24-15-13(19)9-12(17(20)22-4)14(16(15)25-18)23-11-7-5-10(21-3)6-8-11/h5-9,13-16,19H,1-4H3/t13-,14-,15+,16-/m1/s1. The molecule has 1 saturated heterocycles. The number of aliphatic hydroxyl groups excluding tert-OH is 1. The molecule has 1 aromatic carbocycles. The maximum Gasteiger partial charge on any atom is 0.337 e. The Hall–Kier alpha value is -2.09. The van der Waals surface area contributed by atoms with Gasteiger partial charge in [-0.2, -0.15) is 0 Å². The minimum atomic E-state index is -0.989. The van der Waals surface area contributed by atoms with Crippen LogP contribution in [0.3, 0.4) is 0 Å². The topological polar surface area (TPSA) is 83.5 Å². The number of fused-ring (bicyclic) bond motifs is 1. The van der Waals surface area contributed by atoms with Crippen LogP contribution in [0.4, 0.5) is 0 Å². The molecule has 1 fully saturated rings. The molecule has 1 aliphatic heterocycles. The lowest BCUT2D eigenvalue weighted by Crippen LogP contribution is -2.50. The zero-order chi connectivity index (χ0) is 18.2. The largest absolute Gasteiger partial charge is 0.497 e. The van der Waals surface area contributed by atoms with Crippen molar-refractivity contribution >= 4 is 5.97 Å². The Kier molecular flexibility index (Phi) is 4.73. The van der Waals surface area contributed by atoms with Crippen LogP contribution in [-0.4, -0.2) is 55.5 Å². The lowest BCUT2D eigenvalue weighted by Gasteiger charge is -2.33. The van der Waals surface area contributed by atoms with Crippen LogP contribution in [0.1, 0.15) is 13.8 Å². The van der Waals surface area contributed by atoms with Crippen molar-refractivity contribution < 1.29 is 33.6 Å². The van der Waals surface area contributed by atoms with Crippen molar-refractivity contribution in [2.45, 2.75) is 44.1 Å². The number of rotatable bonds is 4. The summed E-state index contributed by atoms with van der Waals surface area (Å²) < 4.78 is 27.6. The number of aliphatic hydroxyl groups is 1. The Labute approximate surface area is 146 Å². The second-order valence-corrected chi connectivity index (χ2v) is 6.38. The van der Waals surface area contributed by atoms with Gasteiger partial charge in [-0.1, -0.05) is 0 Å². The normalized spacial score (nSPS) is 30.2. The first-order chi connectivity index (χ1) is 11.8. The molecule has 1 aliphatic carbocycles. The van der Waals surface area contributed by atoms with Crippen LogP contribution in [0.2, 0.25) is 0 Å². The third-order valence-corrected chi connectivity index (χ3v) is 4.20. The first-order valence-electron chi connectivity index (χ1n) is 7.99. The van der Waals surface area contributed by atoms with Gasteiger partial charge in [0.15, 0.2) is 11.9 Å². The van der Waals surface area contributed by atoms with Crippen molar-refractivity contribution in [3.63, 3.8) is 0 Å². The molecule has 7 nitrogen and oxygen atoms in total. The molecular formula is C18H22O7. The fraction of sp³-hybridized carbons (Fsp3) is 0.500. The Morgan fingerprint density at radius 3 is 2.28 bits per heavy atom. The highest BCUT2D eigenvalue weighted by molar-refractivity contribution is 5.90. The summed E-state index contributed by atoms with van der Waals surface area (Å²) >= 11 is 0. The van der Waals surface area contributed by atoms with Crippen LogP contribution < -0.4 is 9.47 Å². The van der Waals surface area contributed by atoms with E-state index < -0.39 is 36.2 Å². The summed E-state index contributed by atoms with van der Waals surface area (Å²) in [5, 5.41) is 10.3. The summed E-state index contributed by atoms with van der Waals surface area (Å²) in [6.45, 7) is 3.50. The van der Waals surface area contributed by atoms with Crippen LogP contribution in [0.15, 0.2) is 35.9 Å². The molecule has 1 aromatic rings. The number of methoxy groups -OCH3 is 2. The second kappa shape index (κ2) is 6.67. The van der Waals surface area contributed by atoms with Gasteiger partial charge in [0.1, 0.15) is 29.8 Å². The smallest absolute Gasteiger partial charge is 0.337 e. The molecule has 0 spiro atoms. The van der Waals surface area contributed by atoms with Gasteiger partial charge in [-0.15, -0.1) is 0 Å². The lowest BCUT2D eigenvalue weighted by atomic mass is 9.89. The molecule has 0 amide bonds. The van der Waals surface area contributed by atoms with Crippen LogP contribution in [0.5, 0.6) is 11.5 Å². The Bertz CT molecular complexity index is 665. The van der Waals surface area contributed by atoms with Crippen molar-refractivity contribution in [3.8, 4) is 11.5 Å². The molecule has 0 radical (unpaired) electrons. The SMILES string of the molecule is COC(=O)C1=C[C@@H](O)[C@@H]2OC(C)(C)O[C@@H]2[C@@H]1Oc1ccc(OC)cc1. The van der Waals surface area contributed by atoms with Crippen molar-refractivity contribution in [2.24, 2.45) is 0 Å². The molecule has 3 rings (SSSR count). The van der Waals surface area contributed by atoms with Gasteiger partial charge in [-0.3, -0.25) is 0 Å². The molecule has 0 saturated carbocycles. The van der Waals surface area contributed by atoms with E-state index in [9.17, 15) is 9.90 Å². The van der Waals surface area contributed by atoms with E-state index >= 15 is 0 Å². The Balaban J connectivity index is 1.92. The molecule has 25 heavy (non-hydrogen) atoms. The minimum Gasteiger partial charge on any atom is -0.497 e. The average molecular weight is 350 g/mol. The van der Waals surface area contributed by atoms with E-state index in [-0.39, 0.29) is 5.57 Å². The quantitative estimate of drug-likeness (QED) is 0.823. The van der Waals surface area contributed by atoms with Gasteiger partial charge < -0.3 is 28.8 Å². The van der Waals surface area contributed by atoms with E-state index in [2.05, 4.69) is 0 Å². The van der Waals surface area contributed by atoms with Crippen molar-refractivity contribution in [1.29, 1.82) is 0 Å². The predicted molar refractivity (Wildman–Crippen MR) is 87.3 cm³/mol. The van der Waals surface area contributed by atoms with Gasteiger partial charge in [-0.25, -0.2) is 4.79 Å². The molecule has 4 atom stereocenters. The molecule has 7 heteroatoms. The summed E-state index contributed by atoms with van der Waals surface area (Å²) in [7, 11) is 2.86. The van der Waals surface area contributed by atoms with Crippen molar-refractivity contribution in [2.75, 3.05) is 14.2 Å². The highest BCUT2D eigenvalue weighted by atomic mass is 16.8. The van der Waals surface area contributed by atoms with E-state index in [0.29, 0.717) is 11.5 Å². The van der Waals surface area contributed by atoms with Crippen molar-refractivity contribution in [1.82, 2.24) is 0 Å². The first kappa shape index (κ1) is 17.7. The molecule has 0 bridgehead atoms. The number of hydrogen-bond acceptors (Lipinski definition) is 7. The van der Waals surface area contributed by atoms with Gasteiger partial charge in [0.05, 0.1) is 19.8 Å². The zero-order valence-electron chi connectivity index (χ0n) is 14.6. The van der Waals surface area contributed by atoms with Crippen LogP contribution in [0.25, 0.3) is 0 Å². The highest BCUT2D eigenvalue weighted by Crippen LogP contribution is 2.39. The lowest BCUT2D eigenvalue weighted by molar-refractivity contribution is -0.156. The van der Waals surface area contributed by atoms with Gasteiger partial charge in [0.25, 0.3) is 0 Å². The zero-order valence-corrected chi connectivity index (χ0v) is 14.6. The minimum absolute atomic E-state index is 0.202.